The highest BCUT2D eigenvalue weighted by atomic mass is 16.4. The van der Waals surface area contributed by atoms with E-state index in [4.69, 9.17) is 5.73 Å². The van der Waals surface area contributed by atoms with E-state index >= 15 is 0 Å². The number of aromatic hydroxyl groups is 11. The average Bonchev–Trinajstić information content (AvgIpc) is 2.66. The SMILES string of the molecule is Nc1c(O)c(O)c(-c2c(O)c(O)c3c(O)c(O)c(O)c(O)c3c2O)c(O)c1O. The minimum Gasteiger partial charge on any atom is -0.506 e. The van der Waals surface area contributed by atoms with Crippen LogP contribution in [-0.2, 0) is 0 Å². The monoisotopic (exact) mass is 395 g/mol. The van der Waals surface area contributed by atoms with Gasteiger partial charge in [0.25, 0.3) is 0 Å². The molecule has 0 spiro atoms. The van der Waals surface area contributed by atoms with Crippen LogP contribution in [0.3, 0.4) is 0 Å². The molecule has 0 saturated carbocycles. The van der Waals surface area contributed by atoms with E-state index in [1.54, 1.807) is 0 Å². The second-order valence-corrected chi connectivity index (χ2v) is 5.75. The summed E-state index contributed by atoms with van der Waals surface area (Å²) in [5, 5.41) is 108. The summed E-state index contributed by atoms with van der Waals surface area (Å²) in [6.07, 6.45) is 0. The molecule has 0 aliphatic heterocycles. The minimum atomic E-state index is -1.31. The Morgan fingerprint density at radius 2 is 0.607 bits per heavy atom. The third-order valence-corrected chi connectivity index (χ3v) is 4.25. The average molecular weight is 395 g/mol. The largest absolute Gasteiger partial charge is 0.506 e. The molecule has 12 nitrogen and oxygen atoms in total. The zero-order chi connectivity index (χ0) is 21.2. The third kappa shape index (κ3) is 1.99. The molecule has 13 N–H and O–H groups in total. The maximum atomic E-state index is 10.5. The number of rotatable bonds is 1. The van der Waals surface area contributed by atoms with Gasteiger partial charge in [-0.25, -0.2) is 0 Å². The molecular weight excluding hydrogens is 382 g/mol. The lowest BCUT2D eigenvalue weighted by atomic mass is 9.93. The summed E-state index contributed by atoms with van der Waals surface area (Å²) in [4.78, 5) is 0. The Hall–Kier alpha value is -4.48. The van der Waals surface area contributed by atoms with Crippen LogP contribution in [0.1, 0.15) is 0 Å². The van der Waals surface area contributed by atoms with Gasteiger partial charge < -0.3 is 61.9 Å². The number of anilines is 1. The van der Waals surface area contributed by atoms with E-state index in [9.17, 15) is 56.2 Å². The van der Waals surface area contributed by atoms with Crippen LogP contribution in [0, 0.1) is 0 Å². The number of phenols is 11. The van der Waals surface area contributed by atoms with Crippen LogP contribution < -0.4 is 5.73 Å². The van der Waals surface area contributed by atoms with Gasteiger partial charge in [-0.15, -0.1) is 0 Å². The molecule has 0 bridgehead atoms. The number of hydrogen-bond donors (Lipinski definition) is 12. The van der Waals surface area contributed by atoms with Gasteiger partial charge in [-0.05, 0) is 0 Å². The number of fused-ring (bicyclic) bond motifs is 1. The van der Waals surface area contributed by atoms with Crippen molar-refractivity contribution in [1.29, 1.82) is 0 Å². The molecule has 0 aromatic heterocycles. The summed E-state index contributed by atoms with van der Waals surface area (Å²) in [6.45, 7) is 0. The Morgan fingerprint density at radius 3 is 1.04 bits per heavy atom. The second kappa shape index (κ2) is 5.51. The summed E-state index contributed by atoms with van der Waals surface area (Å²) in [5.41, 5.74) is 2.40. The molecule has 0 amide bonds. The Morgan fingerprint density at radius 1 is 0.321 bits per heavy atom. The molecule has 12 heteroatoms. The van der Waals surface area contributed by atoms with Gasteiger partial charge in [-0.3, -0.25) is 0 Å². The van der Waals surface area contributed by atoms with Crippen molar-refractivity contribution >= 4 is 16.5 Å². The van der Waals surface area contributed by atoms with Gasteiger partial charge in [0.1, 0.15) is 11.4 Å². The number of benzene rings is 3. The van der Waals surface area contributed by atoms with Crippen molar-refractivity contribution in [3.63, 3.8) is 0 Å². The fourth-order valence-corrected chi connectivity index (χ4v) is 2.82. The molecule has 0 saturated heterocycles. The predicted octanol–water partition coefficient (Wildman–Crippen LogP) is 0.851. The molecule has 0 aliphatic carbocycles. The first-order valence-electron chi connectivity index (χ1n) is 7.25. The first-order chi connectivity index (χ1) is 12.9. The van der Waals surface area contributed by atoms with Crippen LogP contribution in [0.25, 0.3) is 21.9 Å². The molecule has 0 radical (unpaired) electrons. The number of nitrogen functional groups attached to an aromatic ring is 1. The van der Waals surface area contributed by atoms with Crippen LogP contribution in [0.5, 0.6) is 63.2 Å². The molecule has 148 valence electrons. The van der Waals surface area contributed by atoms with Crippen molar-refractivity contribution in [2.24, 2.45) is 0 Å². The van der Waals surface area contributed by atoms with Crippen molar-refractivity contribution in [2.75, 3.05) is 5.73 Å². The number of phenolic OH excluding ortho intramolecular Hbond substituents is 11. The van der Waals surface area contributed by atoms with E-state index in [1.165, 1.54) is 0 Å². The van der Waals surface area contributed by atoms with Crippen molar-refractivity contribution in [3.8, 4) is 74.4 Å². The van der Waals surface area contributed by atoms with Gasteiger partial charge in [0.2, 0.25) is 11.5 Å². The van der Waals surface area contributed by atoms with Crippen LogP contribution in [-0.4, -0.2) is 56.2 Å². The number of hydrogen-bond acceptors (Lipinski definition) is 12. The van der Waals surface area contributed by atoms with Gasteiger partial charge in [0.05, 0.1) is 21.9 Å². The van der Waals surface area contributed by atoms with Crippen molar-refractivity contribution in [2.45, 2.75) is 0 Å². The maximum absolute atomic E-state index is 10.5. The van der Waals surface area contributed by atoms with Gasteiger partial charge in [0.15, 0.2) is 46.0 Å². The van der Waals surface area contributed by atoms with Crippen LogP contribution in [0.15, 0.2) is 0 Å². The standard InChI is InChI=1S/C16H13NO11/c17-5-13(25)9(21)4(10(22)14(5)26)1-6(18)2-3(8(20)7(1)19)12(24)16(28)15(27)11(2)23/h18-28H,17H2. The van der Waals surface area contributed by atoms with E-state index < -0.39 is 90.8 Å². The lowest BCUT2D eigenvalue weighted by molar-refractivity contribution is 0.347. The highest BCUT2D eigenvalue weighted by molar-refractivity contribution is 6.12. The summed E-state index contributed by atoms with van der Waals surface area (Å²) in [7, 11) is 0. The Balaban J connectivity index is 2.64. The number of nitrogens with two attached hydrogens (primary N) is 1. The van der Waals surface area contributed by atoms with Crippen molar-refractivity contribution < 1.29 is 56.2 Å². The highest BCUT2D eigenvalue weighted by Gasteiger charge is 2.33. The molecular formula is C16H13NO11. The molecule has 3 aromatic rings. The topological polar surface area (TPSA) is 249 Å². The first-order valence-corrected chi connectivity index (χ1v) is 7.25. The van der Waals surface area contributed by atoms with E-state index in [2.05, 4.69) is 0 Å². The van der Waals surface area contributed by atoms with E-state index in [-0.39, 0.29) is 0 Å². The molecule has 0 unspecified atom stereocenters. The molecule has 0 atom stereocenters. The lowest BCUT2D eigenvalue weighted by Gasteiger charge is -2.19. The van der Waals surface area contributed by atoms with Crippen LogP contribution in [0.2, 0.25) is 0 Å². The Labute approximate surface area is 153 Å². The van der Waals surface area contributed by atoms with Crippen LogP contribution in [0.4, 0.5) is 5.69 Å². The predicted molar refractivity (Wildman–Crippen MR) is 92.1 cm³/mol. The summed E-state index contributed by atoms with van der Waals surface area (Å²) in [6, 6.07) is 0. The van der Waals surface area contributed by atoms with E-state index in [0.29, 0.717) is 0 Å². The molecule has 0 fully saturated rings. The molecule has 0 heterocycles. The quantitative estimate of drug-likeness (QED) is 0.156. The third-order valence-electron chi connectivity index (χ3n) is 4.25. The van der Waals surface area contributed by atoms with E-state index in [1.807, 2.05) is 0 Å². The maximum Gasteiger partial charge on any atom is 0.205 e. The van der Waals surface area contributed by atoms with Crippen LogP contribution >= 0.6 is 0 Å². The second-order valence-electron chi connectivity index (χ2n) is 5.75. The fourth-order valence-electron chi connectivity index (χ4n) is 2.82. The fraction of sp³-hybridized carbons (Fsp3) is 0. The van der Waals surface area contributed by atoms with Gasteiger partial charge in [0, 0.05) is 0 Å². The Bertz CT molecular complexity index is 1160. The van der Waals surface area contributed by atoms with Crippen molar-refractivity contribution in [1.82, 2.24) is 0 Å². The highest BCUT2D eigenvalue weighted by Crippen LogP contribution is 2.63. The van der Waals surface area contributed by atoms with E-state index in [0.717, 1.165) is 0 Å². The smallest absolute Gasteiger partial charge is 0.205 e. The van der Waals surface area contributed by atoms with Gasteiger partial charge in [-0.2, -0.15) is 0 Å². The van der Waals surface area contributed by atoms with Gasteiger partial charge in [-0.1, -0.05) is 0 Å². The summed E-state index contributed by atoms with van der Waals surface area (Å²) < 4.78 is 0. The normalized spacial score (nSPS) is 11.1. The summed E-state index contributed by atoms with van der Waals surface area (Å²) in [5.74, 6) is -13.6. The zero-order valence-electron chi connectivity index (χ0n) is 13.5. The zero-order valence-corrected chi connectivity index (χ0v) is 13.5. The molecule has 3 aromatic carbocycles. The Kier molecular flexibility index (Phi) is 3.60. The van der Waals surface area contributed by atoms with Crippen molar-refractivity contribution in [3.05, 3.63) is 0 Å². The molecule has 3 rings (SSSR count). The molecule has 28 heavy (non-hydrogen) atoms. The summed E-state index contributed by atoms with van der Waals surface area (Å²) >= 11 is 0. The minimum absolute atomic E-state index is 0.842. The lowest BCUT2D eigenvalue weighted by Crippen LogP contribution is -1.93. The first kappa shape index (κ1) is 18.3. The van der Waals surface area contributed by atoms with Gasteiger partial charge >= 0.3 is 0 Å². The molecule has 0 aliphatic rings.